The predicted octanol–water partition coefficient (Wildman–Crippen LogP) is 15.1. The third kappa shape index (κ3) is 7.01. The molecule has 0 saturated heterocycles. The van der Waals surface area contributed by atoms with Gasteiger partial charge in [0.05, 0.1) is 11.0 Å². The van der Waals surface area contributed by atoms with Gasteiger partial charge in [0.25, 0.3) is 0 Å². The summed E-state index contributed by atoms with van der Waals surface area (Å²) < 4.78 is 2.39. The van der Waals surface area contributed by atoms with Gasteiger partial charge in [0.1, 0.15) is 0 Å². The number of aromatic nitrogens is 1. The van der Waals surface area contributed by atoms with Gasteiger partial charge in [-0.05, 0) is 134 Å². The molecule has 3 heteroatoms. The maximum Gasteiger partial charge on any atom is 0.0542 e. The summed E-state index contributed by atoms with van der Waals surface area (Å²) in [5, 5.41) is 2.45. The Bertz CT molecular complexity index is 2770. The van der Waals surface area contributed by atoms with E-state index in [-0.39, 0.29) is 0 Å². The Morgan fingerprint density at radius 2 is 1.07 bits per heavy atom. The first-order valence-electron chi connectivity index (χ1n) is 19.9. The van der Waals surface area contributed by atoms with Gasteiger partial charge in [-0.2, -0.15) is 0 Å². The van der Waals surface area contributed by atoms with Crippen LogP contribution >= 0.6 is 0 Å². The molecule has 7 aromatic carbocycles. The molecule has 9 rings (SSSR count). The van der Waals surface area contributed by atoms with Crippen LogP contribution in [0, 0.1) is 0 Å². The van der Waals surface area contributed by atoms with Gasteiger partial charge in [0, 0.05) is 50.6 Å². The molecule has 1 aliphatic rings. The third-order valence-electron chi connectivity index (χ3n) is 10.9. The molecule has 1 aliphatic carbocycles. The summed E-state index contributed by atoms with van der Waals surface area (Å²) in [7, 11) is 0. The molecule has 1 heterocycles. The molecule has 0 fully saturated rings. The molecule has 8 aromatic rings. The minimum atomic E-state index is 1.06. The largest absolute Gasteiger partial charge is 0.311 e. The SMILES string of the molecule is C/C=C\C(=C/C)N(c1ccc(-c2ccc(N(C3=CCCC=C3)c3ccccc3)cc2)cc1)c1ccc2c(c1)c1ccccc1n2-c1ccc(-c2ccccc2)cc1. The van der Waals surface area contributed by atoms with Crippen molar-refractivity contribution in [1.29, 1.82) is 0 Å². The lowest BCUT2D eigenvalue weighted by Crippen LogP contribution is -2.16. The number of hydrogen-bond acceptors (Lipinski definition) is 2. The van der Waals surface area contributed by atoms with Gasteiger partial charge < -0.3 is 14.4 Å². The van der Waals surface area contributed by atoms with Crippen molar-refractivity contribution in [3.8, 4) is 27.9 Å². The van der Waals surface area contributed by atoms with Gasteiger partial charge in [-0.25, -0.2) is 0 Å². The van der Waals surface area contributed by atoms with E-state index in [1.54, 1.807) is 0 Å². The quantitative estimate of drug-likeness (QED) is 0.130. The first kappa shape index (κ1) is 35.6. The van der Waals surface area contributed by atoms with Crippen LogP contribution in [-0.2, 0) is 0 Å². The molecule has 0 saturated carbocycles. The van der Waals surface area contributed by atoms with Gasteiger partial charge >= 0.3 is 0 Å². The van der Waals surface area contributed by atoms with Crippen molar-refractivity contribution in [3.63, 3.8) is 0 Å². The van der Waals surface area contributed by atoms with Crippen LogP contribution in [0.2, 0.25) is 0 Å². The number of allylic oxidation sites excluding steroid dienone is 6. The van der Waals surface area contributed by atoms with Gasteiger partial charge in [0.15, 0.2) is 0 Å². The summed E-state index contributed by atoms with van der Waals surface area (Å²) in [5.41, 5.74) is 15.2. The summed E-state index contributed by atoms with van der Waals surface area (Å²) in [5.74, 6) is 0. The Kier molecular flexibility index (Phi) is 9.95. The topological polar surface area (TPSA) is 11.4 Å². The van der Waals surface area contributed by atoms with Crippen molar-refractivity contribution < 1.29 is 0 Å². The molecule has 0 atom stereocenters. The van der Waals surface area contributed by atoms with E-state index >= 15 is 0 Å². The van der Waals surface area contributed by atoms with Crippen LogP contribution in [0.5, 0.6) is 0 Å². The Labute approximate surface area is 336 Å². The summed E-state index contributed by atoms with van der Waals surface area (Å²) in [4.78, 5) is 4.70. The van der Waals surface area contributed by atoms with E-state index < -0.39 is 0 Å². The molecule has 0 N–H and O–H groups in total. The zero-order valence-electron chi connectivity index (χ0n) is 32.5. The van der Waals surface area contributed by atoms with E-state index in [0.717, 1.165) is 47.0 Å². The molecule has 0 radical (unpaired) electrons. The van der Waals surface area contributed by atoms with Crippen molar-refractivity contribution in [1.82, 2.24) is 4.57 Å². The van der Waals surface area contributed by atoms with E-state index in [4.69, 9.17) is 0 Å². The van der Waals surface area contributed by atoms with E-state index in [9.17, 15) is 0 Å². The first-order valence-corrected chi connectivity index (χ1v) is 19.9. The highest BCUT2D eigenvalue weighted by molar-refractivity contribution is 6.10. The normalized spacial score (nSPS) is 13.0. The van der Waals surface area contributed by atoms with Crippen molar-refractivity contribution in [2.24, 2.45) is 0 Å². The lowest BCUT2D eigenvalue weighted by molar-refractivity contribution is 0.997. The Morgan fingerprint density at radius 3 is 1.72 bits per heavy atom. The van der Waals surface area contributed by atoms with Crippen LogP contribution in [0.1, 0.15) is 26.7 Å². The number of fused-ring (bicyclic) bond motifs is 3. The van der Waals surface area contributed by atoms with E-state index in [2.05, 4.69) is 241 Å². The molecule has 1 aromatic heterocycles. The molecule has 3 nitrogen and oxygen atoms in total. The number of nitrogens with zero attached hydrogens (tertiary/aromatic N) is 3. The van der Waals surface area contributed by atoms with Crippen molar-refractivity contribution in [3.05, 3.63) is 224 Å². The lowest BCUT2D eigenvalue weighted by Gasteiger charge is -2.28. The zero-order valence-corrected chi connectivity index (χ0v) is 32.5. The Hall–Kier alpha value is -7.10. The Morgan fingerprint density at radius 1 is 0.509 bits per heavy atom. The molecule has 276 valence electrons. The van der Waals surface area contributed by atoms with Crippen LogP contribution in [0.25, 0.3) is 49.7 Å². The van der Waals surface area contributed by atoms with Crippen molar-refractivity contribution in [2.45, 2.75) is 26.7 Å². The molecule has 0 aliphatic heterocycles. The highest BCUT2D eigenvalue weighted by atomic mass is 15.2. The van der Waals surface area contributed by atoms with Gasteiger partial charge in [-0.15, -0.1) is 0 Å². The maximum atomic E-state index is 2.39. The van der Waals surface area contributed by atoms with Crippen molar-refractivity contribution >= 4 is 44.6 Å². The fraction of sp³-hybridized carbons (Fsp3) is 0.0741. The minimum Gasteiger partial charge on any atom is -0.311 e. The third-order valence-corrected chi connectivity index (χ3v) is 10.9. The lowest BCUT2D eigenvalue weighted by atomic mass is 10.0. The van der Waals surface area contributed by atoms with Gasteiger partial charge in [-0.1, -0.05) is 127 Å². The fourth-order valence-electron chi connectivity index (χ4n) is 8.13. The number of para-hydroxylation sites is 2. The molecule has 0 unspecified atom stereocenters. The van der Waals surface area contributed by atoms with Gasteiger partial charge in [-0.3, -0.25) is 0 Å². The van der Waals surface area contributed by atoms with Crippen LogP contribution in [0.4, 0.5) is 22.7 Å². The molecule has 57 heavy (non-hydrogen) atoms. The predicted molar refractivity (Wildman–Crippen MR) is 244 cm³/mol. The van der Waals surface area contributed by atoms with Crippen LogP contribution in [-0.4, -0.2) is 4.57 Å². The number of benzene rings is 7. The highest BCUT2D eigenvalue weighted by Crippen LogP contribution is 2.39. The summed E-state index contributed by atoms with van der Waals surface area (Å²) in [6.07, 6.45) is 15.5. The van der Waals surface area contributed by atoms with Gasteiger partial charge in [0.2, 0.25) is 0 Å². The number of hydrogen-bond donors (Lipinski definition) is 0. The minimum absolute atomic E-state index is 1.06. The second-order valence-electron chi connectivity index (χ2n) is 14.4. The fourth-order valence-corrected chi connectivity index (χ4v) is 8.13. The summed E-state index contributed by atoms with van der Waals surface area (Å²) in [6, 6.07) is 63.6. The van der Waals surface area contributed by atoms with E-state index in [1.165, 1.54) is 49.8 Å². The van der Waals surface area contributed by atoms with Crippen LogP contribution < -0.4 is 9.80 Å². The average molecular weight is 736 g/mol. The second-order valence-corrected chi connectivity index (χ2v) is 14.4. The van der Waals surface area contributed by atoms with Crippen LogP contribution in [0.3, 0.4) is 0 Å². The average Bonchev–Trinajstić information content (AvgIpc) is 3.61. The van der Waals surface area contributed by atoms with Crippen molar-refractivity contribution in [2.75, 3.05) is 9.80 Å². The molecule has 0 amide bonds. The molecular weight excluding hydrogens is 691 g/mol. The van der Waals surface area contributed by atoms with Crippen LogP contribution in [0.15, 0.2) is 224 Å². The maximum absolute atomic E-state index is 2.39. The number of anilines is 4. The molecule has 0 bridgehead atoms. The summed E-state index contributed by atoms with van der Waals surface area (Å²) >= 11 is 0. The Balaban J connectivity index is 1.06. The monoisotopic (exact) mass is 735 g/mol. The molecular formula is C54H45N3. The van der Waals surface area contributed by atoms with E-state index in [1.807, 2.05) is 0 Å². The highest BCUT2D eigenvalue weighted by Gasteiger charge is 2.19. The molecule has 0 spiro atoms. The summed E-state index contributed by atoms with van der Waals surface area (Å²) in [6.45, 7) is 4.19. The standard InChI is InChI=1S/C54H45N3/c1-3-16-44(4-2)55(47-31-25-42(26-32-47)43-27-33-48(34-28-43)56(45-19-10-6-11-20-45)46-21-12-7-13-22-46)50-37-38-54-52(39-50)51-23-14-15-24-53(51)57(54)49-35-29-41(30-36-49)40-17-8-5-9-18-40/h3-6,8-12,14-39H,7,13H2,1-2H3/b16-3-,44-4+. The van der Waals surface area contributed by atoms with E-state index in [0.29, 0.717) is 0 Å². The first-order chi connectivity index (χ1) is 28.2. The zero-order chi connectivity index (χ0) is 38.6. The smallest absolute Gasteiger partial charge is 0.0542 e. The number of rotatable bonds is 10. The second kappa shape index (κ2) is 15.9.